The summed E-state index contributed by atoms with van der Waals surface area (Å²) in [6.45, 7) is 7.97. The maximum atomic E-state index is 13.9. The number of ether oxygens (including phenoxy) is 1. The quantitative estimate of drug-likeness (QED) is 0.323. The first-order valence-corrected chi connectivity index (χ1v) is 13.6. The van der Waals surface area contributed by atoms with Gasteiger partial charge in [0.25, 0.3) is 5.91 Å². The fourth-order valence-electron chi connectivity index (χ4n) is 4.90. The number of aliphatic hydroxyl groups is 1. The van der Waals surface area contributed by atoms with Crippen molar-refractivity contribution in [2.75, 3.05) is 13.2 Å². The fraction of sp³-hybridized carbons (Fsp3) is 0.581. The summed E-state index contributed by atoms with van der Waals surface area (Å²) in [5.74, 6) is 2.08. The number of nitrogens with one attached hydrogen (secondary N) is 1. The van der Waals surface area contributed by atoms with Crippen LogP contribution < -0.4 is 10.1 Å². The molecule has 3 atom stereocenters. The first kappa shape index (κ1) is 28.2. The second kappa shape index (κ2) is 13.2. The molecule has 1 amide bonds. The van der Waals surface area contributed by atoms with Gasteiger partial charge in [0.15, 0.2) is 0 Å². The Morgan fingerprint density at radius 1 is 1.00 bits per heavy atom. The van der Waals surface area contributed by atoms with Crippen LogP contribution in [0.5, 0.6) is 5.75 Å². The van der Waals surface area contributed by atoms with Crippen molar-refractivity contribution < 1.29 is 19.0 Å². The molecule has 1 aliphatic rings. The zero-order valence-corrected chi connectivity index (χ0v) is 22.4. The summed E-state index contributed by atoms with van der Waals surface area (Å²) in [5.41, 5.74) is 1.62. The molecule has 2 aromatic carbocycles. The van der Waals surface area contributed by atoms with Crippen LogP contribution in [-0.4, -0.2) is 35.9 Å². The Balaban J connectivity index is 1.48. The maximum Gasteiger partial charge on any atom is 0.251 e. The van der Waals surface area contributed by atoms with Crippen LogP contribution in [0.25, 0.3) is 11.1 Å². The molecule has 198 valence electrons. The Morgan fingerprint density at radius 2 is 1.58 bits per heavy atom. The van der Waals surface area contributed by atoms with Crippen molar-refractivity contribution in [2.45, 2.75) is 84.4 Å². The second-order valence-corrected chi connectivity index (χ2v) is 11.4. The molecule has 0 spiro atoms. The van der Waals surface area contributed by atoms with E-state index in [4.69, 9.17) is 4.74 Å². The van der Waals surface area contributed by atoms with Gasteiger partial charge in [0.2, 0.25) is 0 Å². The third-order valence-electron chi connectivity index (χ3n) is 7.49. The topological polar surface area (TPSA) is 58.6 Å². The van der Waals surface area contributed by atoms with E-state index >= 15 is 0 Å². The second-order valence-electron chi connectivity index (χ2n) is 11.4. The highest BCUT2D eigenvalue weighted by atomic mass is 19.1. The highest BCUT2D eigenvalue weighted by Gasteiger charge is 2.23. The standard InChI is InChI=1S/C31H44FNO3/c1-22(2)29(20-34)33-30(35)27-12-10-25(11-13-27)26-14-16-28(17-15-26)36-21-24-7-5-6-23(8-9-24)18-19-31(3,4)32/h10-17,22-24,29,34H,5-9,18-21H2,1-4H3,(H,33,35). The van der Waals surface area contributed by atoms with Crippen LogP contribution in [0.4, 0.5) is 4.39 Å². The van der Waals surface area contributed by atoms with E-state index in [9.17, 15) is 14.3 Å². The Bertz CT molecular complexity index is 934. The predicted molar refractivity (Wildman–Crippen MR) is 145 cm³/mol. The van der Waals surface area contributed by atoms with Gasteiger partial charge in [-0.25, -0.2) is 4.39 Å². The number of carbonyl (C=O) groups is 1. The molecule has 1 aliphatic carbocycles. The van der Waals surface area contributed by atoms with Gasteiger partial charge in [-0.3, -0.25) is 4.79 Å². The van der Waals surface area contributed by atoms with Crippen LogP contribution >= 0.6 is 0 Å². The Kier molecular flexibility index (Phi) is 10.4. The summed E-state index contributed by atoms with van der Waals surface area (Å²) in [6.07, 6.45) is 7.58. The minimum atomic E-state index is -1.06. The number of rotatable bonds is 11. The van der Waals surface area contributed by atoms with Crippen molar-refractivity contribution in [3.63, 3.8) is 0 Å². The zero-order chi connectivity index (χ0) is 26.1. The van der Waals surface area contributed by atoms with E-state index in [-0.39, 0.29) is 24.5 Å². The van der Waals surface area contributed by atoms with Gasteiger partial charge in [-0.15, -0.1) is 0 Å². The minimum absolute atomic E-state index is 0.0733. The van der Waals surface area contributed by atoms with E-state index in [1.165, 1.54) is 25.7 Å². The first-order chi connectivity index (χ1) is 17.1. The van der Waals surface area contributed by atoms with Crippen molar-refractivity contribution in [2.24, 2.45) is 17.8 Å². The summed E-state index contributed by atoms with van der Waals surface area (Å²) in [5, 5.41) is 12.3. The number of carbonyl (C=O) groups excluding carboxylic acids is 1. The summed E-state index contributed by atoms with van der Waals surface area (Å²) in [4.78, 5) is 12.5. The molecule has 0 heterocycles. The van der Waals surface area contributed by atoms with Crippen LogP contribution in [0.2, 0.25) is 0 Å². The Labute approximate surface area is 216 Å². The van der Waals surface area contributed by atoms with Crippen LogP contribution in [0.15, 0.2) is 48.5 Å². The molecule has 0 aliphatic heterocycles. The number of benzene rings is 2. The highest BCUT2D eigenvalue weighted by molar-refractivity contribution is 5.94. The van der Waals surface area contributed by atoms with E-state index in [1.54, 1.807) is 13.8 Å². The molecule has 1 saturated carbocycles. The lowest BCUT2D eigenvalue weighted by Crippen LogP contribution is -2.41. The van der Waals surface area contributed by atoms with E-state index in [1.807, 2.05) is 62.4 Å². The monoisotopic (exact) mass is 497 g/mol. The number of alkyl halides is 1. The molecular weight excluding hydrogens is 453 g/mol. The third kappa shape index (κ3) is 8.92. The average Bonchev–Trinajstić information content (AvgIpc) is 3.09. The zero-order valence-electron chi connectivity index (χ0n) is 22.4. The molecule has 5 heteroatoms. The Hall–Kier alpha value is -2.40. The fourth-order valence-corrected chi connectivity index (χ4v) is 4.90. The van der Waals surface area contributed by atoms with Gasteiger partial charge in [0, 0.05) is 5.56 Å². The van der Waals surface area contributed by atoms with Gasteiger partial charge >= 0.3 is 0 Å². The van der Waals surface area contributed by atoms with Gasteiger partial charge in [0.05, 0.1) is 19.3 Å². The van der Waals surface area contributed by atoms with Crippen molar-refractivity contribution in [3.8, 4) is 16.9 Å². The summed E-state index contributed by atoms with van der Waals surface area (Å²) < 4.78 is 20.0. The summed E-state index contributed by atoms with van der Waals surface area (Å²) >= 11 is 0. The van der Waals surface area contributed by atoms with Crippen molar-refractivity contribution in [1.29, 1.82) is 0 Å². The largest absolute Gasteiger partial charge is 0.493 e. The van der Waals surface area contributed by atoms with Crippen LogP contribution in [0.1, 0.15) is 83.0 Å². The van der Waals surface area contributed by atoms with Gasteiger partial charge in [-0.2, -0.15) is 0 Å². The average molecular weight is 498 g/mol. The normalized spacial score (nSPS) is 19.5. The molecule has 4 nitrogen and oxygen atoms in total. The molecule has 0 bridgehead atoms. The number of halogens is 1. The van der Waals surface area contributed by atoms with Crippen molar-refractivity contribution >= 4 is 5.91 Å². The number of hydrogen-bond acceptors (Lipinski definition) is 3. The molecule has 0 saturated heterocycles. The molecule has 2 N–H and O–H groups in total. The third-order valence-corrected chi connectivity index (χ3v) is 7.49. The number of amides is 1. The van der Waals surface area contributed by atoms with Crippen molar-refractivity contribution in [1.82, 2.24) is 5.32 Å². The number of hydrogen-bond donors (Lipinski definition) is 2. The van der Waals surface area contributed by atoms with Crippen LogP contribution in [-0.2, 0) is 0 Å². The van der Waals surface area contributed by atoms with Crippen LogP contribution in [0, 0.1) is 17.8 Å². The van der Waals surface area contributed by atoms with Gasteiger partial charge in [0.1, 0.15) is 11.4 Å². The lowest BCUT2D eigenvalue weighted by atomic mass is 9.90. The molecule has 36 heavy (non-hydrogen) atoms. The smallest absolute Gasteiger partial charge is 0.251 e. The first-order valence-electron chi connectivity index (χ1n) is 13.6. The summed E-state index contributed by atoms with van der Waals surface area (Å²) in [6, 6.07) is 15.4. The summed E-state index contributed by atoms with van der Waals surface area (Å²) in [7, 11) is 0. The molecule has 3 unspecified atom stereocenters. The Morgan fingerprint density at radius 3 is 2.17 bits per heavy atom. The van der Waals surface area contributed by atoms with E-state index in [2.05, 4.69) is 5.32 Å². The molecule has 2 aromatic rings. The molecular formula is C31H44FNO3. The molecule has 0 radical (unpaired) electrons. The van der Waals surface area contributed by atoms with Gasteiger partial charge in [-0.1, -0.05) is 57.4 Å². The van der Waals surface area contributed by atoms with Gasteiger partial charge < -0.3 is 15.2 Å². The lowest BCUT2D eigenvalue weighted by Gasteiger charge is -2.20. The van der Waals surface area contributed by atoms with E-state index < -0.39 is 5.67 Å². The van der Waals surface area contributed by atoms with Crippen LogP contribution in [0.3, 0.4) is 0 Å². The minimum Gasteiger partial charge on any atom is -0.493 e. The molecule has 1 fully saturated rings. The number of aliphatic hydroxyl groups excluding tert-OH is 1. The maximum absolute atomic E-state index is 13.9. The van der Waals surface area contributed by atoms with Crippen molar-refractivity contribution in [3.05, 3.63) is 54.1 Å². The van der Waals surface area contributed by atoms with E-state index in [0.717, 1.165) is 36.3 Å². The SMILES string of the molecule is CC(C)C(CO)NC(=O)c1ccc(-c2ccc(OCC3CCCC(CCC(C)(C)F)CC3)cc2)cc1. The van der Waals surface area contributed by atoms with Gasteiger partial charge in [-0.05, 0) is 92.7 Å². The highest BCUT2D eigenvalue weighted by Crippen LogP contribution is 2.33. The lowest BCUT2D eigenvalue weighted by molar-refractivity contribution is 0.0897. The molecule has 0 aromatic heterocycles. The predicted octanol–water partition coefficient (Wildman–Crippen LogP) is 7.20. The van der Waals surface area contributed by atoms with E-state index in [0.29, 0.717) is 23.8 Å². The molecule has 3 rings (SSSR count).